The third-order valence-electron chi connectivity index (χ3n) is 8.58. The summed E-state index contributed by atoms with van der Waals surface area (Å²) in [5, 5.41) is 8.68. The summed E-state index contributed by atoms with van der Waals surface area (Å²) in [6.07, 6.45) is 47.8. The van der Waals surface area contributed by atoms with Gasteiger partial charge in [-0.3, -0.25) is 9.59 Å². The maximum Gasteiger partial charge on any atom is 0.306 e. The molecule has 0 aromatic heterocycles. The Morgan fingerprint density at radius 2 is 0.889 bits per heavy atom. The van der Waals surface area contributed by atoms with Crippen molar-refractivity contribution in [2.45, 2.75) is 213 Å². The normalized spacial score (nSPS) is 12.6. The molecular formula is C41H74O4. The van der Waals surface area contributed by atoms with Crippen molar-refractivity contribution in [3.05, 3.63) is 36.5 Å². The minimum Gasteiger partial charge on any atom is -0.481 e. The number of carbonyl (C=O) groups excluding carboxylic acids is 1. The molecule has 1 unspecified atom stereocenters. The lowest BCUT2D eigenvalue weighted by Gasteiger charge is -2.18. The average molecular weight is 631 g/mol. The zero-order valence-electron chi connectivity index (χ0n) is 29.9. The predicted molar refractivity (Wildman–Crippen MR) is 195 cm³/mol. The maximum absolute atomic E-state index is 12.5. The molecule has 262 valence electrons. The molecule has 0 heterocycles. The Labute approximate surface area is 279 Å². The van der Waals surface area contributed by atoms with Crippen LogP contribution in [0.15, 0.2) is 36.5 Å². The molecule has 0 saturated heterocycles. The number of esters is 1. The molecule has 4 nitrogen and oxygen atoms in total. The predicted octanol–water partition coefficient (Wildman–Crippen LogP) is 13.4. The number of unbranched alkanes of at least 4 members (excludes halogenated alkanes) is 20. The highest BCUT2D eigenvalue weighted by molar-refractivity contribution is 5.69. The van der Waals surface area contributed by atoms with E-state index in [9.17, 15) is 9.59 Å². The first-order chi connectivity index (χ1) is 22.1. The van der Waals surface area contributed by atoms with Crippen molar-refractivity contribution >= 4 is 11.9 Å². The lowest BCUT2D eigenvalue weighted by atomic mass is 10.0. The fourth-order valence-corrected chi connectivity index (χ4v) is 5.67. The Hall–Kier alpha value is -1.84. The largest absolute Gasteiger partial charge is 0.481 e. The number of hydrogen-bond acceptors (Lipinski definition) is 3. The third-order valence-corrected chi connectivity index (χ3v) is 8.58. The van der Waals surface area contributed by atoms with Crippen molar-refractivity contribution in [3.8, 4) is 0 Å². The van der Waals surface area contributed by atoms with E-state index in [2.05, 4.69) is 50.3 Å². The van der Waals surface area contributed by atoms with Gasteiger partial charge in [0, 0.05) is 12.8 Å². The first-order valence-corrected chi connectivity index (χ1v) is 19.5. The van der Waals surface area contributed by atoms with Gasteiger partial charge in [0.05, 0.1) is 0 Å². The fraction of sp³-hybridized carbons (Fsp3) is 0.805. The number of allylic oxidation sites excluding steroid dienone is 6. The number of ether oxygens (including phenoxy) is 1. The first kappa shape index (κ1) is 43.2. The zero-order chi connectivity index (χ0) is 32.9. The van der Waals surface area contributed by atoms with Crippen LogP contribution >= 0.6 is 0 Å². The molecular weight excluding hydrogens is 556 g/mol. The second-order valence-electron chi connectivity index (χ2n) is 13.1. The Bertz CT molecular complexity index is 723. The molecule has 0 aromatic carbocycles. The van der Waals surface area contributed by atoms with E-state index in [0.717, 1.165) is 70.6 Å². The molecule has 0 rings (SSSR count). The highest BCUT2D eigenvalue weighted by Gasteiger charge is 2.13. The van der Waals surface area contributed by atoms with Gasteiger partial charge in [0.2, 0.25) is 0 Å². The van der Waals surface area contributed by atoms with Gasteiger partial charge < -0.3 is 9.84 Å². The maximum atomic E-state index is 12.5. The molecule has 0 aromatic rings. The van der Waals surface area contributed by atoms with Gasteiger partial charge in [0.25, 0.3) is 0 Å². The molecule has 0 aliphatic heterocycles. The molecule has 1 atom stereocenters. The van der Waals surface area contributed by atoms with Crippen LogP contribution in [-0.4, -0.2) is 23.1 Å². The van der Waals surface area contributed by atoms with Gasteiger partial charge in [0.15, 0.2) is 0 Å². The van der Waals surface area contributed by atoms with Gasteiger partial charge in [-0.25, -0.2) is 0 Å². The highest BCUT2D eigenvalue weighted by Crippen LogP contribution is 2.18. The number of carbonyl (C=O) groups is 2. The van der Waals surface area contributed by atoms with Crippen molar-refractivity contribution in [2.24, 2.45) is 0 Å². The summed E-state index contributed by atoms with van der Waals surface area (Å²) >= 11 is 0. The zero-order valence-corrected chi connectivity index (χ0v) is 29.9. The van der Waals surface area contributed by atoms with Crippen molar-refractivity contribution in [3.63, 3.8) is 0 Å². The van der Waals surface area contributed by atoms with E-state index in [1.165, 1.54) is 109 Å². The van der Waals surface area contributed by atoms with Crippen LogP contribution in [0.25, 0.3) is 0 Å². The number of carboxylic acid groups (broad SMARTS) is 1. The van der Waals surface area contributed by atoms with Gasteiger partial charge in [-0.1, -0.05) is 140 Å². The summed E-state index contributed by atoms with van der Waals surface area (Å²) < 4.78 is 5.90. The van der Waals surface area contributed by atoms with Gasteiger partial charge in [0.1, 0.15) is 6.10 Å². The second kappa shape index (κ2) is 36.6. The number of aliphatic carboxylic acids is 1. The van der Waals surface area contributed by atoms with E-state index in [-0.39, 0.29) is 12.1 Å². The fourth-order valence-electron chi connectivity index (χ4n) is 5.67. The molecule has 0 aliphatic carbocycles. The van der Waals surface area contributed by atoms with Crippen molar-refractivity contribution < 1.29 is 19.4 Å². The SMILES string of the molecule is CCCCC/C=C\C/C=C\CCCC/C=C\CCCCCCCC(=O)OC(CCCC)CCCCCCCCCCCC(=O)O. The minimum absolute atomic E-state index is 0.00654. The van der Waals surface area contributed by atoms with Crippen LogP contribution in [0.1, 0.15) is 206 Å². The van der Waals surface area contributed by atoms with Gasteiger partial charge in [-0.2, -0.15) is 0 Å². The molecule has 0 spiro atoms. The molecule has 45 heavy (non-hydrogen) atoms. The Morgan fingerprint density at radius 1 is 0.489 bits per heavy atom. The lowest BCUT2D eigenvalue weighted by molar-refractivity contribution is -0.150. The van der Waals surface area contributed by atoms with Crippen LogP contribution < -0.4 is 0 Å². The van der Waals surface area contributed by atoms with E-state index in [1.54, 1.807) is 0 Å². The topological polar surface area (TPSA) is 63.6 Å². The van der Waals surface area contributed by atoms with E-state index in [1.807, 2.05) is 0 Å². The Balaban J connectivity index is 3.65. The van der Waals surface area contributed by atoms with Crippen LogP contribution in [0.3, 0.4) is 0 Å². The summed E-state index contributed by atoms with van der Waals surface area (Å²) in [6, 6.07) is 0. The van der Waals surface area contributed by atoms with Crippen molar-refractivity contribution in [1.82, 2.24) is 0 Å². The summed E-state index contributed by atoms with van der Waals surface area (Å²) in [5.74, 6) is -0.674. The second-order valence-corrected chi connectivity index (χ2v) is 13.1. The summed E-state index contributed by atoms with van der Waals surface area (Å²) in [5.41, 5.74) is 0. The van der Waals surface area contributed by atoms with Crippen LogP contribution in [0.4, 0.5) is 0 Å². The van der Waals surface area contributed by atoms with E-state index in [4.69, 9.17) is 9.84 Å². The molecule has 0 bridgehead atoms. The minimum atomic E-state index is -0.681. The smallest absolute Gasteiger partial charge is 0.306 e. The molecule has 0 saturated carbocycles. The van der Waals surface area contributed by atoms with Crippen molar-refractivity contribution in [1.29, 1.82) is 0 Å². The van der Waals surface area contributed by atoms with Crippen molar-refractivity contribution in [2.75, 3.05) is 0 Å². The van der Waals surface area contributed by atoms with Crippen LogP contribution in [0.2, 0.25) is 0 Å². The molecule has 0 amide bonds. The number of rotatable bonds is 35. The van der Waals surface area contributed by atoms with E-state index in [0.29, 0.717) is 12.8 Å². The van der Waals surface area contributed by atoms with Crippen LogP contribution in [-0.2, 0) is 14.3 Å². The summed E-state index contributed by atoms with van der Waals surface area (Å²) in [6.45, 7) is 4.46. The standard InChI is InChI=1S/C41H74O4/c1-3-5-7-8-9-10-11-12-13-14-15-16-17-18-19-20-21-25-28-31-34-38-41(44)45-39(35-6-4-2)36-32-29-26-23-22-24-27-30-33-37-40(42)43/h9-10,12-13,18-19,39H,3-8,11,14-17,20-38H2,1-2H3,(H,42,43)/b10-9-,13-12-,19-18-. The lowest BCUT2D eigenvalue weighted by Crippen LogP contribution is -2.18. The summed E-state index contributed by atoms with van der Waals surface area (Å²) in [7, 11) is 0. The molecule has 0 fully saturated rings. The third kappa shape index (κ3) is 36.5. The quantitative estimate of drug-likeness (QED) is 0.0430. The summed E-state index contributed by atoms with van der Waals surface area (Å²) in [4.78, 5) is 23.0. The Morgan fingerprint density at radius 3 is 1.42 bits per heavy atom. The van der Waals surface area contributed by atoms with Gasteiger partial charge in [-0.15, -0.1) is 0 Å². The average Bonchev–Trinajstić information content (AvgIpc) is 3.02. The first-order valence-electron chi connectivity index (χ1n) is 19.5. The van der Waals surface area contributed by atoms with Crippen LogP contribution in [0, 0.1) is 0 Å². The molecule has 0 aliphatic rings. The van der Waals surface area contributed by atoms with Gasteiger partial charge in [-0.05, 0) is 89.9 Å². The van der Waals surface area contributed by atoms with Gasteiger partial charge >= 0.3 is 11.9 Å². The van der Waals surface area contributed by atoms with E-state index < -0.39 is 5.97 Å². The Kier molecular flexibility index (Phi) is 35.1. The monoisotopic (exact) mass is 631 g/mol. The molecule has 4 heteroatoms. The number of carboxylic acids is 1. The highest BCUT2D eigenvalue weighted by atomic mass is 16.5. The van der Waals surface area contributed by atoms with Crippen LogP contribution in [0.5, 0.6) is 0 Å². The van der Waals surface area contributed by atoms with E-state index >= 15 is 0 Å². The molecule has 0 radical (unpaired) electrons. The number of hydrogen-bond donors (Lipinski definition) is 1. The molecule has 1 N–H and O–H groups in total.